The zero-order valence-corrected chi connectivity index (χ0v) is 20.7. The molecule has 2 bridgehead atoms. The highest BCUT2D eigenvalue weighted by molar-refractivity contribution is 5.76. The molecule has 0 amide bonds. The molecule has 2 saturated carbocycles. The second-order valence-electron chi connectivity index (χ2n) is 11.2. The van der Waals surface area contributed by atoms with Crippen molar-refractivity contribution in [3.05, 3.63) is 0 Å². The fourth-order valence-electron chi connectivity index (χ4n) is 4.23. The summed E-state index contributed by atoms with van der Waals surface area (Å²) in [6.45, 7) is 16.3. The van der Waals surface area contributed by atoms with Crippen molar-refractivity contribution in [1.82, 2.24) is 0 Å². The minimum absolute atomic E-state index is 0.0143. The summed E-state index contributed by atoms with van der Waals surface area (Å²) in [7, 11) is 0. The highest BCUT2D eigenvalue weighted by atomic mass is 19.4. The number of hydrogen-bond donors (Lipinski definition) is 0. The van der Waals surface area contributed by atoms with E-state index in [2.05, 4.69) is 25.5 Å². The van der Waals surface area contributed by atoms with Crippen molar-refractivity contribution in [2.24, 2.45) is 27.6 Å². The van der Waals surface area contributed by atoms with E-state index in [0.29, 0.717) is 11.8 Å². The Kier molecular flexibility index (Phi) is 8.33. The molecular formula is C24H41F3O4. The Labute approximate surface area is 185 Å². The second kappa shape index (κ2) is 9.30. The summed E-state index contributed by atoms with van der Waals surface area (Å²) in [5, 5.41) is 0. The number of carbonyl (C=O) groups excluding carboxylic acids is 2. The van der Waals surface area contributed by atoms with E-state index in [1.54, 1.807) is 20.8 Å². The molecule has 0 heterocycles. The molecule has 0 radical (unpaired) electrons. The molecule has 0 aromatic heterocycles. The summed E-state index contributed by atoms with van der Waals surface area (Å²) in [5.41, 5.74) is -0.695. The monoisotopic (exact) mass is 450 g/mol. The maximum atomic E-state index is 12.3. The third kappa shape index (κ3) is 6.16. The average molecular weight is 451 g/mol. The van der Waals surface area contributed by atoms with Gasteiger partial charge in [-0.05, 0) is 71.1 Å². The van der Waals surface area contributed by atoms with Gasteiger partial charge in [-0.1, -0.05) is 34.6 Å². The third-order valence-corrected chi connectivity index (χ3v) is 8.20. The van der Waals surface area contributed by atoms with E-state index in [-0.39, 0.29) is 22.9 Å². The summed E-state index contributed by atoms with van der Waals surface area (Å²) < 4.78 is 44.9. The largest absolute Gasteiger partial charge is 0.461 e. The van der Waals surface area contributed by atoms with Crippen LogP contribution >= 0.6 is 0 Å². The second-order valence-corrected chi connectivity index (χ2v) is 11.2. The molecule has 0 spiro atoms. The van der Waals surface area contributed by atoms with Crippen LogP contribution in [0.15, 0.2) is 0 Å². The normalized spacial score (nSPS) is 27.4. The molecule has 2 aliphatic carbocycles. The molecule has 2 aliphatic rings. The lowest BCUT2D eigenvalue weighted by Gasteiger charge is -2.39. The van der Waals surface area contributed by atoms with E-state index in [1.165, 1.54) is 12.8 Å². The van der Waals surface area contributed by atoms with Crippen LogP contribution in [0.5, 0.6) is 0 Å². The van der Waals surface area contributed by atoms with Gasteiger partial charge in [0, 0.05) is 5.41 Å². The SMILES string of the molecule is CCC(C)(C)C(=O)OC1CC2CCC1(C)C2(C)C.CCC(C)(C)C(=O)OCC(F)(F)F. The highest BCUT2D eigenvalue weighted by Crippen LogP contribution is 2.66. The van der Waals surface area contributed by atoms with Crippen LogP contribution < -0.4 is 0 Å². The van der Waals surface area contributed by atoms with Crippen molar-refractivity contribution in [1.29, 1.82) is 0 Å². The van der Waals surface area contributed by atoms with E-state index in [1.807, 2.05) is 20.8 Å². The van der Waals surface area contributed by atoms with Gasteiger partial charge in [-0.3, -0.25) is 9.59 Å². The van der Waals surface area contributed by atoms with E-state index in [4.69, 9.17) is 4.74 Å². The van der Waals surface area contributed by atoms with Crippen LogP contribution in [0, 0.1) is 27.6 Å². The summed E-state index contributed by atoms with van der Waals surface area (Å²) in [6.07, 6.45) is 0.536. The van der Waals surface area contributed by atoms with Crippen LogP contribution in [-0.4, -0.2) is 30.8 Å². The molecule has 182 valence electrons. The van der Waals surface area contributed by atoms with E-state index < -0.39 is 24.2 Å². The van der Waals surface area contributed by atoms with Crippen molar-refractivity contribution in [3.63, 3.8) is 0 Å². The molecule has 0 aromatic rings. The van der Waals surface area contributed by atoms with Gasteiger partial charge < -0.3 is 9.47 Å². The molecule has 0 aliphatic heterocycles. The quantitative estimate of drug-likeness (QED) is 0.422. The van der Waals surface area contributed by atoms with Crippen molar-refractivity contribution >= 4 is 11.9 Å². The van der Waals surface area contributed by atoms with Crippen molar-refractivity contribution in [2.45, 2.75) is 107 Å². The zero-order valence-electron chi connectivity index (χ0n) is 20.7. The maximum Gasteiger partial charge on any atom is 0.422 e. The number of hydrogen-bond acceptors (Lipinski definition) is 4. The number of fused-ring (bicyclic) bond motifs is 2. The summed E-state index contributed by atoms with van der Waals surface area (Å²) in [5.74, 6) is -0.100. The van der Waals surface area contributed by atoms with Gasteiger partial charge in [-0.2, -0.15) is 13.2 Å². The highest BCUT2D eigenvalue weighted by Gasteiger charge is 2.63. The third-order valence-electron chi connectivity index (χ3n) is 8.20. The van der Waals surface area contributed by atoms with Crippen LogP contribution in [0.3, 0.4) is 0 Å². The number of halogens is 3. The van der Waals surface area contributed by atoms with E-state index in [9.17, 15) is 22.8 Å². The Morgan fingerprint density at radius 3 is 1.77 bits per heavy atom. The fraction of sp³-hybridized carbons (Fsp3) is 0.917. The first-order valence-corrected chi connectivity index (χ1v) is 11.3. The Balaban J connectivity index is 0.000000330. The molecule has 3 unspecified atom stereocenters. The van der Waals surface area contributed by atoms with Gasteiger partial charge in [0.2, 0.25) is 0 Å². The van der Waals surface area contributed by atoms with Crippen LogP contribution in [0.1, 0.15) is 94.4 Å². The van der Waals surface area contributed by atoms with Gasteiger partial charge in [0.05, 0.1) is 10.8 Å². The molecular weight excluding hydrogens is 409 g/mol. The molecule has 3 atom stereocenters. The number of rotatable bonds is 6. The van der Waals surface area contributed by atoms with Crippen molar-refractivity contribution < 1.29 is 32.2 Å². The Morgan fingerprint density at radius 1 is 0.935 bits per heavy atom. The van der Waals surface area contributed by atoms with Gasteiger partial charge in [0.25, 0.3) is 0 Å². The van der Waals surface area contributed by atoms with Crippen LogP contribution in [0.4, 0.5) is 13.2 Å². The lowest BCUT2D eigenvalue weighted by atomic mass is 9.70. The Morgan fingerprint density at radius 2 is 1.42 bits per heavy atom. The summed E-state index contributed by atoms with van der Waals surface area (Å²) in [4.78, 5) is 23.3. The standard InChI is InChI=1S/C16H28O2.C8H13F3O2/c1-7-14(2,3)13(17)18-12-10-11-8-9-16(12,6)15(11,4)5;1-4-7(2,3)6(12)13-5-8(9,10)11/h11-12H,7-10H2,1-6H3;4-5H2,1-3H3. The van der Waals surface area contributed by atoms with Gasteiger partial charge in [-0.25, -0.2) is 0 Å². The number of ether oxygens (including phenoxy) is 2. The van der Waals surface area contributed by atoms with Gasteiger partial charge in [-0.15, -0.1) is 0 Å². The minimum Gasteiger partial charge on any atom is -0.461 e. The molecule has 31 heavy (non-hydrogen) atoms. The topological polar surface area (TPSA) is 52.6 Å². The lowest BCUT2D eigenvalue weighted by molar-refractivity contribution is -0.192. The first-order chi connectivity index (χ1) is 13.8. The van der Waals surface area contributed by atoms with Crippen LogP contribution in [0.25, 0.3) is 0 Å². The predicted octanol–water partition coefficient (Wildman–Crippen LogP) is 6.71. The van der Waals surface area contributed by atoms with Crippen molar-refractivity contribution in [2.75, 3.05) is 6.61 Å². The van der Waals surface area contributed by atoms with Crippen molar-refractivity contribution in [3.8, 4) is 0 Å². The van der Waals surface area contributed by atoms with Gasteiger partial charge in [0.15, 0.2) is 6.61 Å². The Hall–Kier alpha value is -1.27. The first kappa shape index (κ1) is 27.8. The molecule has 2 fully saturated rings. The summed E-state index contributed by atoms with van der Waals surface area (Å²) >= 11 is 0. The molecule has 2 rings (SSSR count). The Bertz CT molecular complexity index is 652. The molecule has 0 saturated heterocycles. The molecule has 0 N–H and O–H groups in total. The van der Waals surface area contributed by atoms with Crippen LogP contribution in [-0.2, 0) is 19.1 Å². The van der Waals surface area contributed by atoms with Crippen LogP contribution in [0.2, 0.25) is 0 Å². The molecule has 4 nitrogen and oxygen atoms in total. The minimum atomic E-state index is -4.44. The lowest BCUT2D eigenvalue weighted by Crippen LogP contribution is -2.40. The number of carbonyl (C=O) groups is 2. The van der Waals surface area contributed by atoms with E-state index >= 15 is 0 Å². The maximum absolute atomic E-state index is 12.3. The van der Waals surface area contributed by atoms with Gasteiger partial charge >= 0.3 is 18.1 Å². The zero-order chi connectivity index (χ0) is 24.5. The van der Waals surface area contributed by atoms with E-state index in [0.717, 1.165) is 18.8 Å². The first-order valence-electron chi connectivity index (χ1n) is 11.3. The smallest absolute Gasteiger partial charge is 0.422 e. The average Bonchev–Trinajstić information content (AvgIpc) is 2.99. The molecule has 0 aromatic carbocycles. The number of alkyl halides is 3. The van der Waals surface area contributed by atoms with Gasteiger partial charge in [0.1, 0.15) is 6.10 Å². The summed E-state index contributed by atoms with van der Waals surface area (Å²) in [6, 6.07) is 0. The predicted molar refractivity (Wildman–Crippen MR) is 114 cm³/mol. The number of esters is 2. The molecule has 7 heteroatoms. The fourth-order valence-corrected chi connectivity index (χ4v) is 4.23.